The summed E-state index contributed by atoms with van der Waals surface area (Å²) in [4.78, 5) is 0. The van der Waals surface area contributed by atoms with Gasteiger partial charge in [-0.05, 0) is 18.1 Å². The van der Waals surface area contributed by atoms with Gasteiger partial charge in [-0.25, -0.2) is 0 Å². The van der Waals surface area contributed by atoms with Crippen molar-refractivity contribution in [3.63, 3.8) is 0 Å². The minimum Gasteiger partial charge on any atom is -0.409 e. The molecule has 0 aromatic carbocycles. The number of rotatable bonds is 3. The minimum atomic E-state index is -1.96. The normalized spacial score (nSPS) is 35.2. The average Bonchev–Trinajstić information content (AvgIpc) is 2.43. The largest absolute Gasteiger partial charge is 0.409 e. The van der Waals surface area contributed by atoms with Gasteiger partial charge in [0.15, 0.2) is 8.32 Å². The van der Waals surface area contributed by atoms with Crippen molar-refractivity contribution in [3.8, 4) is 0 Å². The zero-order valence-electron chi connectivity index (χ0n) is 11.4. The van der Waals surface area contributed by atoms with Gasteiger partial charge in [0.2, 0.25) is 0 Å². The number of nitrogens with two attached hydrogens (primary N) is 1. The van der Waals surface area contributed by atoms with E-state index in [1.165, 1.54) is 0 Å². The fraction of sp³-hybridized carbons (Fsp3) is 1.00. The molecular weight excluding hydrogens is 233 g/mol. The molecule has 1 aliphatic heterocycles. The van der Waals surface area contributed by atoms with Gasteiger partial charge in [0.05, 0.1) is 12.2 Å². The van der Waals surface area contributed by atoms with Crippen LogP contribution in [0.2, 0.25) is 18.1 Å². The first-order chi connectivity index (χ1) is 7.60. The lowest BCUT2D eigenvalue weighted by molar-refractivity contribution is 0.0299. The first kappa shape index (κ1) is 15.2. The second-order valence-electron chi connectivity index (χ2n) is 6.21. The summed E-state index contributed by atoms with van der Waals surface area (Å²) in [5.74, 6) is 0. The van der Waals surface area contributed by atoms with Crippen LogP contribution in [-0.4, -0.2) is 52.1 Å². The third-order valence-corrected chi connectivity index (χ3v) is 8.32. The van der Waals surface area contributed by atoms with Gasteiger partial charge >= 0.3 is 0 Å². The molecule has 3 N–H and O–H groups in total. The molecule has 0 aliphatic carbocycles. The second kappa shape index (κ2) is 5.01. The molecular formula is C11H24BNO3Si. The van der Waals surface area contributed by atoms with E-state index in [1.54, 1.807) is 0 Å². The predicted molar refractivity (Wildman–Crippen MR) is 71.5 cm³/mol. The molecule has 6 heteroatoms. The maximum Gasteiger partial charge on any atom is 0.192 e. The Bertz CT molecular complexity index is 270. The summed E-state index contributed by atoms with van der Waals surface area (Å²) >= 11 is 0. The third kappa shape index (κ3) is 3.12. The van der Waals surface area contributed by atoms with Crippen LogP contribution in [0.4, 0.5) is 0 Å². The van der Waals surface area contributed by atoms with Crippen LogP contribution >= 0.6 is 0 Å². The van der Waals surface area contributed by atoms with Crippen molar-refractivity contribution in [3.05, 3.63) is 0 Å². The van der Waals surface area contributed by atoms with Crippen molar-refractivity contribution in [2.24, 2.45) is 5.73 Å². The van der Waals surface area contributed by atoms with E-state index in [-0.39, 0.29) is 11.6 Å². The Morgan fingerprint density at radius 3 is 2.29 bits per heavy atom. The van der Waals surface area contributed by atoms with Gasteiger partial charge < -0.3 is 20.0 Å². The third-order valence-electron chi connectivity index (χ3n) is 3.84. The summed E-state index contributed by atoms with van der Waals surface area (Å²) in [7, 11) is 3.89. The molecule has 98 valence electrons. The lowest BCUT2D eigenvalue weighted by Gasteiger charge is -2.39. The summed E-state index contributed by atoms with van der Waals surface area (Å²) in [5.41, 5.74) is 5.51. The van der Waals surface area contributed by atoms with E-state index in [4.69, 9.17) is 22.7 Å². The summed E-state index contributed by atoms with van der Waals surface area (Å²) in [6, 6.07) is -0.590. The van der Waals surface area contributed by atoms with Crippen molar-refractivity contribution < 1.29 is 14.3 Å². The summed E-state index contributed by atoms with van der Waals surface area (Å²) in [5, 5.41) is 10.1. The standard InChI is InChI=1S/C11H24BNO3Si/c1-11(2,3)17(4,5)16-9-8(14)7(6-13)15-10(9)12/h7-10,14H,6,13H2,1-5H3/t7-,8?,9?,10-/m1/s1. The van der Waals surface area contributed by atoms with Crippen LogP contribution < -0.4 is 5.73 Å². The van der Waals surface area contributed by atoms with Gasteiger partial charge in [-0.1, -0.05) is 20.8 Å². The van der Waals surface area contributed by atoms with Crippen molar-refractivity contribution in [1.29, 1.82) is 0 Å². The first-order valence-electron chi connectivity index (χ1n) is 6.07. The molecule has 1 heterocycles. The summed E-state index contributed by atoms with van der Waals surface area (Å²) < 4.78 is 11.5. The second-order valence-corrected chi connectivity index (χ2v) is 11.0. The number of hydrogen-bond acceptors (Lipinski definition) is 4. The van der Waals surface area contributed by atoms with Crippen LogP contribution in [0, 0.1) is 0 Å². The van der Waals surface area contributed by atoms with Gasteiger partial charge in [-0.15, -0.1) is 0 Å². The maximum absolute atomic E-state index is 10.1. The SMILES string of the molecule is [B][C@@H]1O[C@H](CN)C(O)C1O[Si](C)(C)C(C)(C)C. The highest BCUT2D eigenvalue weighted by Gasteiger charge is 2.47. The Labute approximate surface area is 106 Å². The van der Waals surface area contributed by atoms with Crippen molar-refractivity contribution in [2.45, 2.75) is 63.2 Å². The fourth-order valence-corrected chi connectivity index (χ4v) is 2.92. The summed E-state index contributed by atoms with van der Waals surface area (Å²) in [6.45, 7) is 10.9. The fourth-order valence-electron chi connectivity index (χ4n) is 1.61. The highest BCUT2D eigenvalue weighted by molar-refractivity contribution is 6.74. The molecule has 2 radical (unpaired) electrons. The average molecular weight is 257 g/mol. The molecule has 4 atom stereocenters. The van der Waals surface area contributed by atoms with E-state index in [2.05, 4.69) is 33.9 Å². The molecule has 0 aromatic rings. The number of aliphatic hydroxyl groups is 1. The Morgan fingerprint density at radius 1 is 1.41 bits per heavy atom. The van der Waals surface area contributed by atoms with Gasteiger partial charge in [-0.3, -0.25) is 0 Å². The highest BCUT2D eigenvalue weighted by Crippen LogP contribution is 2.39. The van der Waals surface area contributed by atoms with Crippen molar-refractivity contribution in [2.75, 3.05) is 6.54 Å². The van der Waals surface area contributed by atoms with Gasteiger partial charge in [-0.2, -0.15) is 0 Å². The highest BCUT2D eigenvalue weighted by atomic mass is 28.4. The Kier molecular flexibility index (Phi) is 4.48. The summed E-state index contributed by atoms with van der Waals surface area (Å²) in [6.07, 6.45) is -1.62. The van der Waals surface area contributed by atoms with Gasteiger partial charge in [0.25, 0.3) is 0 Å². The van der Waals surface area contributed by atoms with Crippen LogP contribution in [-0.2, 0) is 9.16 Å². The first-order valence-corrected chi connectivity index (χ1v) is 8.98. The maximum atomic E-state index is 10.1. The van der Waals surface area contributed by atoms with E-state index >= 15 is 0 Å². The smallest absolute Gasteiger partial charge is 0.192 e. The van der Waals surface area contributed by atoms with Crippen LogP contribution in [0.15, 0.2) is 0 Å². The molecule has 4 nitrogen and oxygen atoms in total. The topological polar surface area (TPSA) is 64.7 Å². The Hall–Kier alpha value is 0.122. The van der Waals surface area contributed by atoms with E-state index < -0.39 is 32.6 Å². The molecule has 1 rings (SSSR count). The van der Waals surface area contributed by atoms with E-state index in [0.29, 0.717) is 0 Å². The molecule has 0 saturated carbocycles. The Balaban J connectivity index is 2.75. The quantitative estimate of drug-likeness (QED) is 0.726. The van der Waals surface area contributed by atoms with E-state index in [9.17, 15) is 5.11 Å². The molecule has 1 fully saturated rings. The number of aliphatic hydroxyl groups excluding tert-OH is 1. The zero-order valence-corrected chi connectivity index (χ0v) is 12.4. The Morgan fingerprint density at radius 2 is 1.94 bits per heavy atom. The number of ether oxygens (including phenoxy) is 1. The van der Waals surface area contributed by atoms with E-state index in [0.717, 1.165) is 0 Å². The van der Waals surface area contributed by atoms with Crippen molar-refractivity contribution >= 4 is 16.2 Å². The monoisotopic (exact) mass is 257 g/mol. The molecule has 2 unspecified atom stereocenters. The van der Waals surface area contributed by atoms with Gasteiger partial charge in [0.1, 0.15) is 14.0 Å². The molecule has 17 heavy (non-hydrogen) atoms. The zero-order chi connectivity index (χ0) is 13.4. The molecule has 0 amide bonds. The molecule has 0 aromatic heterocycles. The minimum absolute atomic E-state index is 0.0766. The van der Waals surface area contributed by atoms with Crippen LogP contribution in [0.5, 0.6) is 0 Å². The van der Waals surface area contributed by atoms with Crippen LogP contribution in [0.3, 0.4) is 0 Å². The van der Waals surface area contributed by atoms with E-state index in [1.807, 2.05) is 0 Å². The van der Waals surface area contributed by atoms with Crippen molar-refractivity contribution in [1.82, 2.24) is 0 Å². The van der Waals surface area contributed by atoms with Crippen LogP contribution in [0.25, 0.3) is 0 Å². The predicted octanol–water partition coefficient (Wildman–Crippen LogP) is 0.590. The molecule has 0 bridgehead atoms. The molecule has 1 saturated heterocycles. The van der Waals surface area contributed by atoms with Gasteiger partial charge in [0, 0.05) is 12.5 Å². The number of hydrogen-bond donors (Lipinski definition) is 2. The lowest BCUT2D eigenvalue weighted by Crippen LogP contribution is -2.49. The lowest BCUT2D eigenvalue weighted by atomic mass is 9.93. The molecule has 1 aliphatic rings. The molecule has 0 spiro atoms. The van der Waals surface area contributed by atoms with Crippen LogP contribution in [0.1, 0.15) is 20.8 Å².